The number of nitro groups is 1. The maximum atomic E-state index is 11.6. The van der Waals surface area contributed by atoms with E-state index in [-0.39, 0.29) is 17.5 Å². The molecule has 0 aliphatic rings. The van der Waals surface area contributed by atoms with Crippen LogP contribution in [-0.4, -0.2) is 30.6 Å². The van der Waals surface area contributed by atoms with E-state index in [1.54, 1.807) is 6.07 Å². The van der Waals surface area contributed by atoms with Crippen LogP contribution in [0, 0.1) is 17.0 Å². The van der Waals surface area contributed by atoms with E-state index < -0.39 is 4.92 Å². The first-order chi connectivity index (χ1) is 13.6. The van der Waals surface area contributed by atoms with Gasteiger partial charge >= 0.3 is 5.69 Å². The van der Waals surface area contributed by atoms with Gasteiger partial charge in [-0.25, -0.2) is 0 Å². The van der Waals surface area contributed by atoms with Gasteiger partial charge in [0.05, 0.1) is 12.0 Å². The molecule has 0 atom stereocenters. The fourth-order valence-corrected chi connectivity index (χ4v) is 3.24. The van der Waals surface area contributed by atoms with Gasteiger partial charge in [-0.1, -0.05) is 60.7 Å². The summed E-state index contributed by atoms with van der Waals surface area (Å²) in [6.07, 6.45) is 0. The molecule has 3 aromatic rings. The number of pyridine rings is 1. The molecule has 0 N–H and O–H groups in total. The molecule has 1 radical (unpaired) electrons. The Hall–Kier alpha value is -3.41. The van der Waals surface area contributed by atoms with Crippen molar-refractivity contribution < 1.29 is 9.66 Å². The van der Waals surface area contributed by atoms with Crippen LogP contribution in [0.15, 0.2) is 66.7 Å². The third-order valence-corrected chi connectivity index (χ3v) is 4.64. The molecule has 28 heavy (non-hydrogen) atoms. The highest BCUT2D eigenvalue weighted by Crippen LogP contribution is 2.40. The summed E-state index contributed by atoms with van der Waals surface area (Å²) in [6, 6.07) is 21.4. The van der Waals surface area contributed by atoms with Crippen molar-refractivity contribution >= 4 is 11.5 Å². The maximum absolute atomic E-state index is 11.6. The van der Waals surface area contributed by atoms with Crippen molar-refractivity contribution in [3.63, 3.8) is 0 Å². The first-order valence-corrected chi connectivity index (χ1v) is 8.90. The van der Waals surface area contributed by atoms with E-state index in [0.717, 1.165) is 16.7 Å². The predicted octanol–water partition coefficient (Wildman–Crippen LogP) is 4.45. The van der Waals surface area contributed by atoms with E-state index in [9.17, 15) is 10.1 Å². The van der Waals surface area contributed by atoms with Crippen LogP contribution in [0.4, 0.5) is 11.5 Å². The van der Waals surface area contributed by atoms with Crippen molar-refractivity contribution in [3.8, 4) is 5.88 Å². The third kappa shape index (κ3) is 3.81. The Morgan fingerprint density at radius 3 is 2.07 bits per heavy atom. The second kappa shape index (κ2) is 8.52. The summed E-state index contributed by atoms with van der Waals surface area (Å²) in [5.74, 6) is 0.377. The number of aromatic nitrogens is 1. The van der Waals surface area contributed by atoms with E-state index in [4.69, 9.17) is 4.74 Å². The van der Waals surface area contributed by atoms with Crippen LogP contribution in [-0.2, 0) is 0 Å². The molecule has 1 heterocycles. The molecule has 1 aromatic heterocycles. The van der Waals surface area contributed by atoms with Gasteiger partial charge in [-0.05, 0) is 18.1 Å². The topological polar surface area (TPSA) is 68.5 Å². The van der Waals surface area contributed by atoms with Crippen LogP contribution < -0.4 is 9.64 Å². The van der Waals surface area contributed by atoms with Crippen LogP contribution in [0.2, 0.25) is 0 Å². The summed E-state index contributed by atoms with van der Waals surface area (Å²) < 4.78 is 5.19. The van der Waals surface area contributed by atoms with Crippen LogP contribution in [0.3, 0.4) is 0 Å². The number of anilines is 1. The van der Waals surface area contributed by atoms with Crippen LogP contribution in [0.1, 0.15) is 22.6 Å². The molecule has 2 aromatic carbocycles. The lowest BCUT2D eigenvalue weighted by Crippen LogP contribution is -2.21. The Labute approximate surface area is 164 Å². The van der Waals surface area contributed by atoms with Crippen molar-refractivity contribution in [2.24, 2.45) is 0 Å². The van der Waals surface area contributed by atoms with Gasteiger partial charge in [0.15, 0.2) is 0 Å². The first-order valence-electron chi connectivity index (χ1n) is 8.90. The molecule has 6 nitrogen and oxygen atoms in total. The van der Waals surface area contributed by atoms with Crippen molar-refractivity contribution in [2.75, 3.05) is 25.6 Å². The molecule has 6 heteroatoms. The normalized spacial score (nSPS) is 10.7. The molecule has 0 unspecified atom stereocenters. The van der Waals surface area contributed by atoms with Gasteiger partial charge in [0.2, 0.25) is 0 Å². The van der Waals surface area contributed by atoms with E-state index >= 15 is 0 Å². The highest BCUT2D eigenvalue weighted by molar-refractivity contribution is 5.62. The zero-order chi connectivity index (χ0) is 20.1. The van der Waals surface area contributed by atoms with Crippen molar-refractivity contribution in [3.05, 3.63) is 100 Å². The lowest BCUT2D eigenvalue weighted by Gasteiger charge is -2.26. The lowest BCUT2D eigenvalue weighted by molar-refractivity contribution is -0.386. The fraction of sp³-hybridized carbons (Fsp3) is 0.182. The summed E-state index contributed by atoms with van der Waals surface area (Å²) in [7, 11) is 3.24. The molecule has 0 saturated heterocycles. The van der Waals surface area contributed by atoms with Crippen molar-refractivity contribution in [1.82, 2.24) is 4.98 Å². The Kier molecular flexibility index (Phi) is 5.89. The van der Waals surface area contributed by atoms with Gasteiger partial charge in [-0.3, -0.25) is 10.1 Å². The first kappa shape index (κ1) is 19.4. The van der Waals surface area contributed by atoms with Crippen molar-refractivity contribution in [2.45, 2.75) is 5.92 Å². The molecule has 0 spiro atoms. The highest BCUT2D eigenvalue weighted by atomic mass is 16.6. The number of methoxy groups -OCH3 is 1. The second-order valence-corrected chi connectivity index (χ2v) is 6.36. The maximum Gasteiger partial charge on any atom is 0.331 e. The smallest absolute Gasteiger partial charge is 0.331 e. The van der Waals surface area contributed by atoms with E-state index in [1.807, 2.05) is 72.6 Å². The minimum absolute atomic E-state index is 0.0103. The molecule has 143 valence electrons. The average Bonchev–Trinajstić information content (AvgIpc) is 2.74. The van der Waals surface area contributed by atoms with Crippen LogP contribution in [0.25, 0.3) is 0 Å². The Bertz CT molecular complexity index is 907. The molecule has 0 bridgehead atoms. The minimum Gasteiger partial charge on any atom is -0.476 e. The summed E-state index contributed by atoms with van der Waals surface area (Å²) in [5, 5.41) is 11.6. The van der Waals surface area contributed by atoms with Crippen LogP contribution in [0.5, 0.6) is 5.88 Å². The van der Waals surface area contributed by atoms with Gasteiger partial charge in [0.1, 0.15) is 5.82 Å². The van der Waals surface area contributed by atoms with Gasteiger partial charge in [0.25, 0.3) is 5.88 Å². The fourth-order valence-electron chi connectivity index (χ4n) is 3.24. The number of hydrogen-bond acceptors (Lipinski definition) is 5. The molecular formula is C22H22N3O3. The minimum atomic E-state index is -0.462. The standard InChI is InChI=1S/C22H22N3O3/c1-4-24(2)21-18(15-19(25(26)27)22(23-21)28-3)20(16-11-7-5-8-12-16)17-13-9-6-10-14-17/h5-15,20H,1,4H2,2-3H3. The molecule has 0 aliphatic carbocycles. The monoisotopic (exact) mass is 376 g/mol. The predicted molar refractivity (Wildman–Crippen MR) is 110 cm³/mol. The summed E-state index contributed by atoms with van der Waals surface area (Å²) in [6.45, 7) is 4.39. The Balaban J connectivity index is 2.32. The molecule has 0 aliphatic heterocycles. The van der Waals surface area contributed by atoms with Gasteiger partial charge < -0.3 is 9.64 Å². The molecule has 0 amide bonds. The number of nitrogens with zero attached hydrogens (tertiary/aromatic N) is 3. The van der Waals surface area contributed by atoms with Crippen LogP contribution >= 0.6 is 0 Å². The van der Waals surface area contributed by atoms with Gasteiger partial charge in [-0.15, -0.1) is 0 Å². The van der Waals surface area contributed by atoms with Gasteiger partial charge in [0, 0.05) is 31.1 Å². The molecule has 0 saturated carbocycles. The van der Waals surface area contributed by atoms with E-state index in [2.05, 4.69) is 11.9 Å². The molecule has 3 rings (SSSR count). The summed E-state index contributed by atoms with van der Waals surface area (Å²) >= 11 is 0. The number of benzene rings is 2. The van der Waals surface area contributed by atoms with E-state index in [0.29, 0.717) is 12.4 Å². The summed E-state index contributed by atoms with van der Waals surface area (Å²) in [4.78, 5) is 17.5. The highest BCUT2D eigenvalue weighted by Gasteiger charge is 2.28. The van der Waals surface area contributed by atoms with Crippen molar-refractivity contribution in [1.29, 1.82) is 0 Å². The average molecular weight is 376 g/mol. The zero-order valence-electron chi connectivity index (χ0n) is 15.9. The largest absolute Gasteiger partial charge is 0.476 e. The summed E-state index contributed by atoms with van der Waals surface area (Å²) in [5.41, 5.74) is 2.62. The molecule has 0 fully saturated rings. The Morgan fingerprint density at radius 1 is 1.11 bits per heavy atom. The zero-order valence-corrected chi connectivity index (χ0v) is 15.9. The lowest BCUT2D eigenvalue weighted by atomic mass is 9.85. The van der Waals surface area contributed by atoms with Gasteiger partial charge in [-0.2, -0.15) is 4.98 Å². The van der Waals surface area contributed by atoms with E-state index in [1.165, 1.54) is 7.11 Å². The number of rotatable bonds is 7. The third-order valence-electron chi connectivity index (χ3n) is 4.64. The molecular weight excluding hydrogens is 354 g/mol. The SMILES string of the molecule is [CH2]CN(C)c1nc(OC)c([N+](=O)[O-])cc1C(c1ccccc1)c1ccccc1. The quantitative estimate of drug-likeness (QED) is 0.450. The Morgan fingerprint density at radius 2 is 1.64 bits per heavy atom. The number of hydrogen-bond donors (Lipinski definition) is 0. The second-order valence-electron chi connectivity index (χ2n) is 6.36. The number of ether oxygens (including phenoxy) is 1.